The van der Waals surface area contributed by atoms with E-state index in [0.29, 0.717) is 50.5 Å². The first kappa shape index (κ1) is 25.6. The van der Waals surface area contributed by atoms with Crippen LogP contribution in [0.5, 0.6) is 11.5 Å². The molecule has 0 aliphatic rings. The lowest BCUT2D eigenvalue weighted by atomic mass is 10.1. The van der Waals surface area contributed by atoms with Gasteiger partial charge in [0.2, 0.25) is 0 Å². The van der Waals surface area contributed by atoms with Crippen LogP contribution >= 0.6 is 39.1 Å². The van der Waals surface area contributed by atoms with E-state index in [1.54, 1.807) is 24.3 Å². The first-order valence-corrected chi connectivity index (χ1v) is 11.9. The number of nitriles is 1. The van der Waals surface area contributed by atoms with E-state index in [1.165, 1.54) is 12.1 Å². The Hall–Kier alpha value is -2.98. The standard InChI is InChI=1S/C26H21BrCl2N2O3/c1-3-33-24-12-17(11-21(27)25(24)34-15-18-7-5-4-6-16(18)2)10-19(14-30)26(32)31-20-8-9-22(28)23(29)13-20/h4-13H,3,15H2,1-2H3,(H,31,32)/b19-10+. The first-order chi connectivity index (χ1) is 16.3. The van der Waals surface area contributed by atoms with Gasteiger partial charge in [-0.15, -0.1) is 0 Å². The van der Waals surface area contributed by atoms with Crippen LogP contribution in [-0.4, -0.2) is 12.5 Å². The number of hydrogen-bond acceptors (Lipinski definition) is 4. The molecule has 34 heavy (non-hydrogen) atoms. The van der Waals surface area contributed by atoms with Crippen molar-refractivity contribution in [1.82, 2.24) is 0 Å². The van der Waals surface area contributed by atoms with Crippen molar-refractivity contribution >= 4 is 56.8 Å². The summed E-state index contributed by atoms with van der Waals surface area (Å²) in [6.07, 6.45) is 1.48. The summed E-state index contributed by atoms with van der Waals surface area (Å²) in [5.41, 5.74) is 3.12. The van der Waals surface area contributed by atoms with Crippen LogP contribution < -0.4 is 14.8 Å². The summed E-state index contributed by atoms with van der Waals surface area (Å²) in [5, 5.41) is 12.9. The summed E-state index contributed by atoms with van der Waals surface area (Å²) in [6.45, 7) is 4.68. The molecule has 0 spiro atoms. The second-order valence-electron chi connectivity index (χ2n) is 7.23. The Balaban J connectivity index is 1.86. The Morgan fingerprint density at radius 3 is 2.56 bits per heavy atom. The Morgan fingerprint density at radius 1 is 1.12 bits per heavy atom. The highest BCUT2D eigenvalue weighted by molar-refractivity contribution is 9.10. The highest BCUT2D eigenvalue weighted by atomic mass is 79.9. The fraction of sp³-hybridized carbons (Fsp3) is 0.154. The molecule has 0 heterocycles. The Morgan fingerprint density at radius 2 is 1.88 bits per heavy atom. The minimum Gasteiger partial charge on any atom is -0.490 e. The topological polar surface area (TPSA) is 71.3 Å². The zero-order valence-corrected chi connectivity index (χ0v) is 21.6. The van der Waals surface area contributed by atoms with Crippen molar-refractivity contribution in [2.75, 3.05) is 11.9 Å². The van der Waals surface area contributed by atoms with Crippen molar-refractivity contribution in [2.24, 2.45) is 0 Å². The highest BCUT2D eigenvalue weighted by Gasteiger charge is 2.15. The predicted octanol–water partition coefficient (Wildman–Crippen LogP) is 7.59. The molecule has 0 aliphatic heterocycles. The monoisotopic (exact) mass is 558 g/mol. The number of benzene rings is 3. The normalized spacial score (nSPS) is 11.0. The van der Waals surface area contributed by atoms with Gasteiger partial charge in [0.15, 0.2) is 11.5 Å². The average Bonchev–Trinajstić information content (AvgIpc) is 2.80. The third kappa shape index (κ3) is 6.54. The fourth-order valence-electron chi connectivity index (χ4n) is 3.08. The van der Waals surface area contributed by atoms with Crippen LogP contribution in [0.4, 0.5) is 5.69 Å². The molecule has 3 aromatic carbocycles. The van der Waals surface area contributed by atoms with Gasteiger partial charge in [-0.2, -0.15) is 5.26 Å². The van der Waals surface area contributed by atoms with Gasteiger partial charge in [-0.1, -0.05) is 47.5 Å². The van der Waals surface area contributed by atoms with Gasteiger partial charge in [0.25, 0.3) is 5.91 Å². The average molecular weight is 560 g/mol. The van der Waals surface area contributed by atoms with Gasteiger partial charge in [0.1, 0.15) is 18.2 Å². The van der Waals surface area contributed by atoms with Crippen LogP contribution in [0, 0.1) is 18.3 Å². The van der Waals surface area contributed by atoms with Crippen LogP contribution in [0.25, 0.3) is 6.08 Å². The van der Waals surface area contributed by atoms with Crippen LogP contribution in [0.1, 0.15) is 23.6 Å². The van der Waals surface area contributed by atoms with Gasteiger partial charge in [0.05, 0.1) is 21.1 Å². The number of ether oxygens (including phenoxy) is 2. The smallest absolute Gasteiger partial charge is 0.266 e. The number of anilines is 1. The largest absolute Gasteiger partial charge is 0.490 e. The zero-order chi connectivity index (χ0) is 24.7. The number of amides is 1. The molecule has 1 N–H and O–H groups in total. The SMILES string of the molecule is CCOc1cc(/C=C(\C#N)C(=O)Nc2ccc(Cl)c(Cl)c2)cc(Br)c1OCc1ccccc1C. The lowest BCUT2D eigenvalue weighted by Crippen LogP contribution is -2.13. The van der Waals surface area contributed by atoms with Crippen LogP contribution in [0.2, 0.25) is 10.0 Å². The van der Waals surface area contributed by atoms with Crippen molar-refractivity contribution in [3.63, 3.8) is 0 Å². The maximum atomic E-state index is 12.7. The number of rotatable bonds is 8. The van der Waals surface area contributed by atoms with E-state index < -0.39 is 5.91 Å². The Labute approximate surface area is 217 Å². The molecule has 174 valence electrons. The molecule has 0 aromatic heterocycles. The van der Waals surface area contributed by atoms with Crippen molar-refractivity contribution in [1.29, 1.82) is 5.26 Å². The fourth-order valence-corrected chi connectivity index (χ4v) is 3.96. The highest BCUT2D eigenvalue weighted by Crippen LogP contribution is 2.38. The molecule has 0 saturated carbocycles. The van der Waals surface area contributed by atoms with Crippen LogP contribution in [-0.2, 0) is 11.4 Å². The molecule has 0 bridgehead atoms. The molecule has 5 nitrogen and oxygen atoms in total. The number of nitrogens with zero attached hydrogens (tertiary/aromatic N) is 1. The van der Waals surface area contributed by atoms with E-state index in [9.17, 15) is 10.1 Å². The number of halogens is 3. The lowest BCUT2D eigenvalue weighted by Gasteiger charge is -2.15. The van der Waals surface area contributed by atoms with Gasteiger partial charge >= 0.3 is 0 Å². The van der Waals surface area contributed by atoms with E-state index in [2.05, 4.69) is 21.2 Å². The second kappa shape index (κ2) is 11.9. The second-order valence-corrected chi connectivity index (χ2v) is 8.90. The van der Waals surface area contributed by atoms with Crippen molar-refractivity contribution in [3.05, 3.63) is 91.4 Å². The van der Waals surface area contributed by atoms with Gasteiger partial charge in [-0.25, -0.2) is 0 Å². The summed E-state index contributed by atoms with van der Waals surface area (Å²) in [7, 11) is 0. The number of carbonyl (C=O) groups is 1. The molecule has 0 atom stereocenters. The molecule has 0 unspecified atom stereocenters. The third-order valence-electron chi connectivity index (χ3n) is 4.82. The summed E-state index contributed by atoms with van der Waals surface area (Å²) in [6, 6.07) is 18.1. The van der Waals surface area contributed by atoms with Gasteiger partial charge < -0.3 is 14.8 Å². The van der Waals surface area contributed by atoms with Crippen molar-refractivity contribution in [3.8, 4) is 17.6 Å². The van der Waals surface area contributed by atoms with E-state index in [1.807, 2.05) is 44.2 Å². The quantitative estimate of drug-likeness (QED) is 0.228. The number of carbonyl (C=O) groups excluding carboxylic acids is 1. The molecular formula is C26H21BrCl2N2O3. The minimum absolute atomic E-state index is 0.0889. The minimum atomic E-state index is -0.574. The Bertz CT molecular complexity index is 1290. The van der Waals surface area contributed by atoms with Crippen molar-refractivity contribution < 1.29 is 14.3 Å². The van der Waals surface area contributed by atoms with E-state index in [4.69, 9.17) is 32.7 Å². The van der Waals surface area contributed by atoms with Crippen LogP contribution in [0.3, 0.4) is 0 Å². The molecule has 1 amide bonds. The molecule has 8 heteroatoms. The molecule has 0 fully saturated rings. The summed E-state index contributed by atoms with van der Waals surface area (Å²) >= 11 is 15.4. The third-order valence-corrected chi connectivity index (χ3v) is 6.15. The molecule has 0 saturated heterocycles. The predicted molar refractivity (Wildman–Crippen MR) is 140 cm³/mol. The first-order valence-electron chi connectivity index (χ1n) is 10.3. The molecule has 3 aromatic rings. The summed E-state index contributed by atoms with van der Waals surface area (Å²) in [5.74, 6) is 0.467. The van der Waals surface area contributed by atoms with E-state index in [0.717, 1.165) is 11.1 Å². The lowest BCUT2D eigenvalue weighted by molar-refractivity contribution is -0.112. The maximum absolute atomic E-state index is 12.7. The molecule has 0 radical (unpaired) electrons. The molecule has 3 rings (SSSR count). The zero-order valence-electron chi connectivity index (χ0n) is 18.5. The number of hydrogen-bond donors (Lipinski definition) is 1. The maximum Gasteiger partial charge on any atom is 0.266 e. The Kier molecular flexibility index (Phi) is 9.00. The van der Waals surface area contributed by atoms with E-state index in [-0.39, 0.29) is 5.57 Å². The van der Waals surface area contributed by atoms with Crippen LogP contribution in [0.15, 0.2) is 64.6 Å². The molecule has 0 aliphatic carbocycles. The van der Waals surface area contributed by atoms with Gasteiger partial charge in [0, 0.05) is 5.69 Å². The van der Waals surface area contributed by atoms with Crippen molar-refractivity contribution in [2.45, 2.75) is 20.5 Å². The summed E-state index contributed by atoms with van der Waals surface area (Å²) in [4.78, 5) is 12.7. The van der Waals surface area contributed by atoms with E-state index >= 15 is 0 Å². The number of aryl methyl sites for hydroxylation is 1. The van der Waals surface area contributed by atoms with Gasteiger partial charge in [-0.3, -0.25) is 4.79 Å². The summed E-state index contributed by atoms with van der Waals surface area (Å²) < 4.78 is 12.5. The molecular weight excluding hydrogens is 539 g/mol. The number of nitrogens with one attached hydrogen (secondary N) is 1. The van der Waals surface area contributed by atoms with Gasteiger partial charge in [-0.05, 0) is 82.9 Å².